The van der Waals surface area contributed by atoms with Crippen LogP contribution in [0.2, 0.25) is 0 Å². The van der Waals surface area contributed by atoms with Crippen LogP contribution in [0.1, 0.15) is 11.1 Å². The van der Waals surface area contributed by atoms with Crippen molar-refractivity contribution >= 4 is 11.4 Å². The Morgan fingerprint density at radius 1 is 0.448 bits per heavy atom. The minimum absolute atomic E-state index is 0.522. The molecule has 0 saturated carbocycles. The van der Waals surface area contributed by atoms with Gasteiger partial charge in [-0.2, -0.15) is 0 Å². The molecule has 4 rings (SSSR count). The molecule has 4 nitrogen and oxygen atoms in total. The third-order valence-electron chi connectivity index (χ3n) is 4.65. The van der Waals surface area contributed by atoms with Gasteiger partial charge in [-0.1, -0.05) is 84.9 Å². The average Bonchev–Trinajstić information content (AvgIpc) is 2.77. The van der Waals surface area contributed by atoms with E-state index in [1.54, 1.807) is 12.1 Å². The monoisotopic (exact) mass is 382 g/mol. The van der Waals surface area contributed by atoms with Gasteiger partial charge >= 0.3 is 5.79 Å². The van der Waals surface area contributed by atoms with Crippen molar-refractivity contribution in [3.63, 3.8) is 0 Å². The Morgan fingerprint density at radius 2 is 0.793 bits per heavy atom. The molecule has 0 spiro atoms. The summed E-state index contributed by atoms with van der Waals surface area (Å²) >= 11 is 0. The summed E-state index contributed by atoms with van der Waals surface area (Å²) < 4.78 is 13.1. The standard InChI is InChI=1S/C25H22N2O2/c26-21-15-7-9-17-23(21)28-25(19-11-3-1-4-12-19,20-13-5-2-6-14-20)29-24-18-10-8-16-22(24)27/h1-18H,26-27H2. The van der Waals surface area contributed by atoms with E-state index in [2.05, 4.69) is 0 Å². The molecule has 29 heavy (non-hydrogen) atoms. The van der Waals surface area contributed by atoms with Gasteiger partial charge in [0.2, 0.25) is 0 Å². The number of para-hydroxylation sites is 4. The van der Waals surface area contributed by atoms with Gasteiger partial charge in [-0.25, -0.2) is 0 Å². The van der Waals surface area contributed by atoms with Crippen molar-refractivity contribution in [1.82, 2.24) is 0 Å². The number of hydrogen-bond acceptors (Lipinski definition) is 4. The van der Waals surface area contributed by atoms with E-state index in [0.29, 0.717) is 22.9 Å². The van der Waals surface area contributed by atoms with Gasteiger partial charge in [-0.15, -0.1) is 0 Å². The van der Waals surface area contributed by atoms with Gasteiger partial charge in [0.1, 0.15) is 11.5 Å². The van der Waals surface area contributed by atoms with Crippen molar-refractivity contribution in [3.05, 3.63) is 120 Å². The molecule has 144 valence electrons. The fraction of sp³-hybridized carbons (Fsp3) is 0.0400. The lowest BCUT2D eigenvalue weighted by molar-refractivity contribution is -0.0833. The van der Waals surface area contributed by atoms with Gasteiger partial charge in [0.25, 0.3) is 0 Å². The fourth-order valence-corrected chi connectivity index (χ4v) is 3.19. The number of nitrogens with two attached hydrogens (primary N) is 2. The van der Waals surface area contributed by atoms with Crippen molar-refractivity contribution < 1.29 is 9.47 Å². The Bertz CT molecular complexity index is 993. The maximum atomic E-state index is 6.56. The lowest BCUT2D eigenvalue weighted by Crippen LogP contribution is -2.41. The van der Waals surface area contributed by atoms with E-state index in [4.69, 9.17) is 20.9 Å². The summed E-state index contributed by atoms with van der Waals surface area (Å²) in [4.78, 5) is 0. The van der Waals surface area contributed by atoms with Crippen LogP contribution in [0, 0.1) is 0 Å². The predicted molar refractivity (Wildman–Crippen MR) is 117 cm³/mol. The lowest BCUT2D eigenvalue weighted by Gasteiger charge is -2.36. The molecule has 0 saturated heterocycles. The smallest absolute Gasteiger partial charge is 0.305 e. The van der Waals surface area contributed by atoms with Gasteiger partial charge in [-0.05, 0) is 24.3 Å². The molecule has 4 aromatic rings. The van der Waals surface area contributed by atoms with Crippen LogP contribution in [0.25, 0.3) is 0 Å². The van der Waals surface area contributed by atoms with Crippen LogP contribution in [0.4, 0.5) is 11.4 Å². The van der Waals surface area contributed by atoms with Gasteiger partial charge in [0.15, 0.2) is 0 Å². The first-order valence-electron chi connectivity index (χ1n) is 9.37. The second-order valence-electron chi connectivity index (χ2n) is 6.63. The summed E-state index contributed by atoms with van der Waals surface area (Å²) in [6, 6.07) is 34.3. The molecule has 0 aliphatic carbocycles. The molecule has 0 fully saturated rings. The first kappa shape index (κ1) is 18.4. The summed E-state index contributed by atoms with van der Waals surface area (Å²) in [5.41, 5.74) is 15.1. The number of benzene rings is 4. The quantitative estimate of drug-likeness (QED) is 0.355. The van der Waals surface area contributed by atoms with E-state index in [1.807, 2.05) is 97.1 Å². The molecule has 0 radical (unpaired) electrons. The van der Waals surface area contributed by atoms with Gasteiger partial charge < -0.3 is 20.9 Å². The van der Waals surface area contributed by atoms with Crippen LogP contribution in [-0.4, -0.2) is 0 Å². The molecule has 4 N–H and O–H groups in total. The molecule has 0 bridgehead atoms. The molecule has 0 unspecified atom stereocenters. The maximum Gasteiger partial charge on any atom is 0.305 e. The minimum atomic E-state index is -1.28. The Hall–Kier alpha value is -3.92. The van der Waals surface area contributed by atoms with Crippen molar-refractivity contribution in [3.8, 4) is 11.5 Å². The highest BCUT2D eigenvalue weighted by molar-refractivity contribution is 5.55. The largest absolute Gasteiger partial charge is 0.442 e. The zero-order valence-electron chi connectivity index (χ0n) is 15.9. The van der Waals surface area contributed by atoms with Gasteiger partial charge in [0, 0.05) is 11.1 Å². The highest BCUT2D eigenvalue weighted by atomic mass is 16.7. The molecule has 4 aromatic carbocycles. The average molecular weight is 382 g/mol. The molecule has 4 heteroatoms. The molecule has 0 atom stereocenters. The van der Waals surface area contributed by atoms with E-state index < -0.39 is 5.79 Å². The van der Waals surface area contributed by atoms with E-state index in [-0.39, 0.29) is 0 Å². The normalized spacial score (nSPS) is 11.0. The van der Waals surface area contributed by atoms with Gasteiger partial charge in [-0.3, -0.25) is 0 Å². The summed E-state index contributed by atoms with van der Waals surface area (Å²) in [7, 11) is 0. The Balaban J connectivity index is 1.94. The third-order valence-corrected chi connectivity index (χ3v) is 4.65. The van der Waals surface area contributed by atoms with Crippen molar-refractivity contribution in [2.45, 2.75) is 5.79 Å². The SMILES string of the molecule is Nc1ccccc1OC(Oc1ccccc1N)(c1ccccc1)c1ccccc1. The summed E-state index contributed by atoms with van der Waals surface area (Å²) in [6.07, 6.45) is 0. The molecular formula is C25H22N2O2. The Morgan fingerprint density at radius 3 is 1.17 bits per heavy atom. The van der Waals surface area contributed by atoms with Crippen LogP contribution in [0.15, 0.2) is 109 Å². The first-order chi connectivity index (χ1) is 14.2. The highest BCUT2D eigenvalue weighted by Gasteiger charge is 2.40. The van der Waals surface area contributed by atoms with E-state index in [0.717, 1.165) is 11.1 Å². The van der Waals surface area contributed by atoms with Crippen LogP contribution in [0.3, 0.4) is 0 Å². The lowest BCUT2D eigenvalue weighted by atomic mass is 9.96. The number of rotatable bonds is 6. The van der Waals surface area contributed by atoms with E-state index in [1.165, 1.54) is 0 Å². The van der Waals surface area contributed by atoms with Crippen LogP contribution < -0.4 is 20.9 Å². The summed E-state index contributed by atoms with van der Waals surface area (Å²) in [5.74, 6) is -0.239. The molecule has 0 aliphatic heterocycles. The Kier molecular flexibility index (Phi) is 5.08. The summed E-state index contributed by atoms with van der Waals surface area (Å²) in [5, 5.41) is 0. The van der Waals surface area contributed by atoms with E-state index in [9.17, 15) is 0 Å². The number of nitrogen functional groups attached to an aromatic ring is 2. The Labute approximate surface area is 170 Å². The molecule has 0 amide bonds. The van der Waals surface area contributed by atoms with Crippen LogP contribution in [0.5, 0.6) is 11.5 Å². The molecular weight excluding hydrogens is 360 g/mol. The third kappa shape index (κ3) is 3.73. The van der Waals surface area contributed by atoms with Crippen LogP contribution >= 0.6 is 0 Å². The summed E-state index contributed by atoms with van der Waals surface area (Å²) in [6.45, 7) is 0. The molecule has 0 aromatic heterocycles. The fourth-order valence-electron chi connectivity index (χ4n) is 3.19. The zero-order valence-corrected chi connectivity index (χ0v) is 15.9. The topological polar surface area (TPSA) is 70.5 Å². The second-order valence-corrected chi connectivity index (χ2v) is 6.63. The zero-order chi connectivity index (χ0) is 20.1. The number of anilines is 2. The second kappa shape index (κ2) is 7.98. The predicted octanol–water partition coefficient (Wildman–Crippen LogP) is 5.21. The maximum absolute atomic E-state index is 6.56. The number of ether oxygens (including phenoxy) is 2. The van der Waals surface area contributed by atoms with E-state index >= 15 is 0 Å². The van der Waals surface area contributed by atoms with Crippen molar-refractivity contribution in [2.24, 2.45) is 0 Å². The number of hydrogen-bond donors (Lipinski definition) is 2. The van der Waals surface area contributed by atoms with Crippen molar-refractivity contribution in [2.75, 3.05) is 11.5 Å². The van der Waals surface area contributed by atoms with Crippen molar-refractivity contribution in [1.29, 1.82) is 0 Å². The molecule has 0 heterocycles. The highest BCUT2D eigenvalue weighted by Crippen LogP contribution is 2.40. The van der Waals surface area contributed by atoms with Crippen LogP contribution in [-0.2, 0) is 5.79 Å². The van der Waals surface area contributed by atoms with Gasteiger partial charge in [0.05, 0.1) is 11.4 Å². The minimum Gasteiger partial charge on any atom is -0.442 e. The first-order valence-corrected chi connectivity index (χ1v) is 9.37. The molecule has 0 aliphatic rings.